The molecule has 0 atom stereocenters. The zero-order valence-corrected chi connectivity index (χ0v) is 17.5. The van der Waals surface area contributed by atoms with Crippen molar-refractivity contribution in [3.8, 4) is 0 Å². The van der Waals surface area contributed by atoms with Gasteiger partial charge in [-0.2, -0.15) is 0 Å². The van der Waals surface area contributed by atoms with Gasteiger partial charge in [0.1, 0.15) is 12.4 Å². The van der Waals surface area contributed by atoms with E-state index in [-0.39, 0.29) is 6.61 Å². The summed E-state index contributed by atoms with van der Waals surface area (Å²) in [6.45, 7) is 7.15. The van der Waals surface area contributed by atoms with Gasteiger partial charge >= 0.3 is 5.97 Å². The summed E-state index contributed by atoms with van der Waals surface area (Å²) >= 11 is 9.22. The number of nitrogens with zero attached hydrogens (tertiary/aromatic N) is 2. The van der Waals surface area contributed by atoms with E-state index in [9.17, 15) is 4.79 Å². The highest BCUT2D eigenvalue weighted by Crippen LogP contribution is 2.25. The number of ether oxygens (including phenoxy) is 1. The van der Waals surface area contributed by atoms with Crippen molar-refractivity contribution in [3.63, 3.8) is 0 Å². The van der Waals surface area contributed by atoms with Crippen molar-refractivity contribution in [1.82, 2.24) is 4.98 Å². The molecule has 0 aliphatic heterocycles. The van der Waals surface area contributed by atoms with Crippen LogP contribution in [0.25, 0.3) is 0 Å². The van der Waals surface area contributed by atoms with Crippen molar-refractivity contribution in [2.75, 3.05) is 30.6 Å². The number of rotatable bonds is 9. The van der Waals surface area contributed by atoms with Gasteiger partial charge in [-0.3, -0.25) is 10.3 Å². The van der Waals surface area contributed by atoms with E-state index >= 15 is 0 Å². The van der Waals surface area contributed by atoms with Crippen LogP contribution in [0.3, 0.4) is 0 Å². The van der Waals surface area contributed by atoms with Crippen LogP contribution in [0.1, 0.15) is 22.8 Å². The first-order valence-electron chi connectivity index (χ1n) is 8.23. The Morgan fingerprint density at radius 2 is 2.15 bits per heavy atom. The molecule has 1 aromatic carbocycles. The molecule has 2 rings (SSSR count). The number of nitrogens with one attached hydrogen (secondary N) is 1. The summed E-state index contributed by atoms with van der Waals surface area (Å²) in [6, 6.07) is 9.34. The summed E-state index contributed by atoms with van der Waals surface area (Å²) in [6.07, 6.45) is 1.51. The molecule has 0 saturated carbocycles. The number of esters is 1. The Kier molecular flexibility index (Phi) is 8.09. The minimum atomic E-state index is -0.409. The number of methoxy groups -OCH3 is 1. The molecule has 144 valence electrons. The maximum absolute atomic E-state index is 11.6. The van der Waals surface area contributed by atoms with Crippen LogP contribution in [-0.2, 0) is 16.1 Å². The molecule has 27 heavy (non-hydrogen) atoms. The van der Waals surface area contributed by atoms with Crippen molar-refractivity contribution >= 4 is 45.0 Å². The smallest absolute Gasteiger partial charge is 0.339 e. The van der Waals surface area contributed by atoms with Crippen LogP contribution in [0, 0.1) is 0 Å². The summed E-state index contributed by atoms with van der Waals surface area (Å²) < 4.78 is 5.66. The predicted molar refractivity (Wildman–Crippen MR) is 111 cm³/mol. The van der Waals surface area contributed by atoms with Crippen LogP contribution in [0.4, 0.5) is 11.5 Å². The van der Waals surface area contributed by atoms with Crippen LogP contribution in [0.2, 0.25) is 0 Å². The number of anilines is 2. The third-order valence-corrected chi connectivity index (χ3v) is 4.32. The van der Waals surface area contributed by atoms with E-state index < -0.39 is 5.97 Å². The molecule has 0 unspecified atom stereocenters. The molecule has 0 radical (unpaired) electrons. The van der Waals surface area contributed by atoms with Gasteiger partial charge in [0.15, 0.2) is 0 Å². The van der Waals surface area contributed by atoms with Gasteiger partial charge in [-0.05, 0) is 42.8 Å². The maximum atomic E-state index is 11.6. The number of hydrogen-bond donors (Lipinski definition) is 1. The molecule has 8 heteroatoms. The van der Waals surface area contributed by atoms with E-state index in [0.29, 0.717) is 17.1 Å². The van der Waals surface area contributed by atoms with Crippen molar-refractivity contribution in [3.05, 3.63) is 63.7 Å². The van der Waals surface area contributed by atoms with Crippen LogP contribution in [-0.4, -0.2) is 31.2 Å². The number of aromatic nitrogens is 1. The van der Waals surface area contributed by atoms with Gasteiger partial charge in [0.2, 0.25) is 0 Å². The number of benzene rings is 1. The van der Waals surface area contributed by atoms with E-state index in [2.05, 4.69) is 37.9 Å². The summed E-state index contributed by atoms with van der Waals surface area (Å²) in [7, 11) is 1.35. The van der Waals surface area contributed by atoms with Gasteiger partial charge in [0, 0.05) is 28.8 Å². The van der Waals surface area contributed by atoms with Gasteiger partial charge in [-0.1, -0.05) is 34.1 Å². The molecule has 0 spiro atoms. The average Bonchev–Trinajstić information content (AvgIpc) is 2.67. The highest BCUT2D eigenvalue weighted by molar-refractivity contribution is 9.10. The minimum absolute atomic E-state index is 0.200. The molecular formula is C19H21BrClN3O3. The van der Waals surface area contributed by atoms with Gasteiger partial charge in [0.25, 0.3) is 0 Å². The summed E-state index contributed by atoms with van der Waals surface area (Å²) in [5.74, 6) is 0.347. The lowest BCUT2D eigenvalue weighted by molar-refractivity contribution is 0.0600. The monoisotopic (exact) mass is 453 g/mol. The van der Waals surface area contributed by atoms with Crippen molar-refractivity contribution in [2.24, 2.45) is 0 Å². The fourth-order valence-electron chi connectivity index (χ4n) is 2.36. The molecule has 1 aromatic heterocycles. The molecule has 0 amide bonds. The zero-order chi connectivity index (χ0) is 19.8. The Morgan fingerprint density at radius 3 is 2.74 bits per heavy atom. The molecule has 0 saturated heterocycles. The summed E-state index contributed by atoms with van der Waals surface area (Å²) in [5.41, 5.74) is 5.15. The highest BCUT2D eigenvalue weighted by atomic mass is 79.9. The number of carbonyl (C=O) groups is 1. The predicted octanol–water partition coefficient (Wildman–Crippen LogP) is 4.75. The number of halogens is 2. The minimum Gasteiger partial charge on any atom is -0.465 e. The second-order valence-corrected chi connectivity index (χ2v) is 7.07. The quantitative estimate of drug-likeness (QED) is 0.436. The topological polar surface area (TPSA) is 63.7 Å². The molecule has 1 heterocycles. The van der Waals surface area contributed by atoms with Gasteiger partial charge < -0.3 is 9.64 Å². The molecule has 1 N–H and O–H groups in total. The molecule has 2 aromatic rings. The molecule has 6 nitrogen and oxygen atoms in total. The Bertz CT molecular complexity index is 799. The number of pyridine rings is 1. The van der Waals surface area contributed by atoms with Gasteiger partial charge in [-0.25, -0.2) is 9.78 Å². The lowest BCUT2D eigenvalue weighted by atomic mass is 10.1. The second kappa shape index (κ2) is 10.3. The zero-order valence-electron chi connectivity index (χ0n) is 15.2. The number of carbonyl (C=O) groups excluding carboxylic acids is 1. The lowest BCUT2D eigenvalue weighted by Crippen LogP contribution is -2.24. The third kappa shape index (κ3) is 6.23. The van der Waals surface area contributed by atoms with Crippen LogP contribution >= 0.6 is 27.5 Å². The Hall–Kier alpha value is -2.09. The van der Waals surface area contributed by atoms with Crippen LogP contribution < -0.4 is 10.4 Å². The van der Waals surface area contributed by atoms with Crippen molar-refractivity contribution in [1.29, 1.82) is 0 Å². The maximum Gasteiger partial charge on any atom is 0.339 e. The first kappa shape index (κ1) is 21.2. The highest BCUT2D eigenvalue weighted by Gasteiger charge is 2.13. The van der Waals surface area contributed by atoms with E-state index in [0.717, 1.165) is 28.1 Å². The Labute approximate surface area is 172 Å². The van der Waals surface area contributed by atoms with Crippen molar-refractivity contribution in [2.45, 2.75) is 13.5 Å². The number of hydrogen-bond acceptors (Lipinski definition) is 6. The first-order valence-corrected chi connectivity index (χ1v) is 9.40. The van der Waals surface area contributed by atoms with E-state index in [4.69, 9.17) is 21.2 Å². The first-order chi connectivity index (χ1) is 12.9. The third-order valence-electron chi connectivity index (χ3n) is 3.71. The average molecular weight is 455 g/mol. The fraction of sp³-hybridized carbons (Fsp3) is 0.263. The van der Waals surface area contributed by atoms with E-state index in [1.54, 1.807) is 12.1 Å². The molecular weight excluding hydrogens is 434 g/mol. The van der Waals surface area contributed by atoms with E-state index in [1.165, 1.54) is 13.3 Å². The normalized spacial score (nSPS) is 10.4. The fourth-order valence-corrected chi connectivity index (χ4v) is 2.82. The van der Waals surface area contributed by atoms with Crippen LogP contribution in [0.15, 0.2) is 52.6 Å². The largest absolute Gasteiger partial charge is 0.465 e. The summed E-state index contributed by atoms with van der Waals surface area (Å²) in [5, 5.41) is 0.409. The molecule has 0 aliphatic rings. The Balaban J connectivity index is 2.18. The Morgan fingerprint density at radius 1 is 1.37 bits per heavy atom. The van der Waals surface area contributed by atoms with Crippen LogP contribution in [0.5, 0.6) is 0 Å². The van der Waals surface area contributed by atoms with Crippen molar-refractivity contribution < 1.29 is 14.4 Å². The molecule has 0 aliphatic carbocycles. The lowest BCUT2D eigenvalue weighted by Gasteiger charge is -2.24. The SMILES string of the molecule is C=C(Cl)CONc1ccc(Br)cc1CN(CC)c1ccc(C(=O)OC)cn1. The van der Waals surface area contributed by atoms with Gasteiger partial charge in [-0.15, -0.1) is 0 Å². The molecule has 0 fully saturated rings. The summed E-state index contributed by atoms with van der Waals surface area (Å²) in [4.78, 5) is 23.4. The second-order valence-electron chi connectivity index (χ2n) is 5.62. The van der Waals surface area contributed by atoms with Gasteiger partial charge in [0.05, 0.1) is 18.4 Å². The standard InChI is InChI=1S/C19H21BrClN3O3/c1-4-24(18-8-5-14(10-22-18)19(25)26-3)11-15-9-16(20)6-7-17(15)23-27-12-13(2)21/h5-10,23H,2,4,11-12H2,1,3H3. The van der Waals surface area contributed by atoms with E-state index in [1.807, 2.05) is 25.1 Å². The molecule has 0 bridgehead atoms.